The molecule has 7 nitrogen and oxygen atoms in total. The van der Waals surface area contributed by atoms with E-state index in [1.54, 1.807) is 16.4 Å². The summed E-state index contributed by atoms with van der Waals surface area (Å²) in [6.07, 6.45) is 2.95. The maximum absolute atomic E-state index is 13.8. The minimum atomic E-state index is -3.74. The highest BCUT2D eigenvalue weighted by atomic mass is 32.2. The highest BCUT2D eigenvalue weighted by molar-refractivity contribution is 7.89. The molecule has 1 fully saturated rings. The molecule has 1 aromatic heterocycles. The summed E-state index contributed by atoms with van der Waals surface area (Å²) in [5.41, 5.74) is 5.20. The van der Waals surface area contributed by atoms with Crippen LogP contribution in [0.1, 0.15) is 35.2 Å². The normalized spacial score (nSPS) is 19.5. The third kappa shape index (κ3) is 4.75. The summed E-state index contributed by atoms with van der Waals surface area (Å²) in [5.74, 6) is 1.23. The number of hydrogen-bond donors (Lipinski definition) is 0. The molecule has 0 saturated carbocycles. The summed E-state index contributed by atoms with van der Waals surface area (Å²) in [4.78, 5) is 2.65. The van der Waals surface area contributed by atoms with E-state index in [9.17, 15) is 8.42 Å². The van der Waals surface area contributed by atoms with Gasteiger partial charge in [0.1, 0.15) is 10.6 Å². The summed E-state index contributed by atoms with van der Waals surface area (Å²) in [5, 5.41) is 4.03. The van der Waals surface area contributed by atoms with Crippen LogP contribution in [-0.4, -0.2) is 56.1 Å². The largest absolute Gasteiger partial charge is 0.495 e. The second-order valence-electron chi connectivity index (χ2n) is 9.71. The highest BCUT2D eigenvalue weighted by Gasteiger charge is 2.34. The molecule has 1 saturated heterocycles. The molecule has 0 aliphatic carbocycles. The number of fused-ring (bicyclic) bond motifs is 1. The van der Waals surface area contributed by atoms with Crippen molar-refractivity contribution in [3.05, 3.63) is 64.8 Å². The summed E-state index contributed by atoms with van der Waals surface area (Å²) >= 11 is 0. The van der Waals surface area contributed by atoms with Crippen LogP contribution in [0.15, 0.2) is 51.9 Å². The first kappa shape index (κ1) is 24.0. The molecular weight excluding hydrogens is 462 g/mol. The predicted molar refractivity (Wildman–Crippen MR) is 135 cm³/mol. The molecule has 0 unspecified atom stereocenters. The topological polar surface area (TPSA) is 75.9 Å². The van der Waals surface area contributed by atoms with Crippen LogP contribution in [0.4, 0.5) is 0 Å². The van der Waals surface area contributed by atoms with Crippen molar-refractivity contribution in [2.75, 3.05) is 33.3 Å². The van der Waals surface area contributed by atoms with Crippen molar-refractivity contribution in [3.63, 3.8) is 0 Å². The summed E-state index contributed by atoms with van der Waals surface area (Å²) in [6, 6.07) is 13.8. The van der Waals surface area contributed by atoms with Crippen LogP contribution >= 0.6 is 0 Å². The van der Waals surface area contributed by atoms with Crippen molar-refractivity contribution < 1.29 is 17.7 Å². The lowest BCUT2D eigenvalue weighted by molar-refractivity contribution is 0.167. The Morgan fingerprint density at radius 1 is 1.11 bits per heavy atom. The molecular formula is C27H33N3O4S. The lowest BCUT2D eigenvalue weighted by atomic mass is 9.95. The number of nitrogens with zero attached hydrogens (tertiary/aromatic N) is 3. The predicted octanol–water partition coefficient (Wildman–Crippen LogP) is 4.43. The molecule has 1 atom stereocenters. The number of methoxy groups -OCH3 is 1. The van der Waals surface area contributed by atoms with Crippen LogP contribution in [0.3, 0.4) is 0 Å². The first-order valence-corrected chi connectivity index (χ1v) is 13.7. The average Bonchev–Trinajstić information content (AvgIpc) is 3.21. The third-order valence-electron chi connectivity index (χ3n) is 7.41. The summed E-state index contributed by atoms with van der Waals surface area (Å²) in [6.45, 7) is 7.71. The lowest BCUT2D eigenvalue weighted by Gasteiger charge is -2.37. The Labute approximate surface area is 207 Å². The Morgan fingerprint density at radius 2 is 1.91 bits per heavy atom. The van der Waals surface area contributed by atoms with Crippen molar-refractivity contribution in [1.29, 1.82) is 0 Å². The Kier molecular flexibility index (Phi) is 6.70. The first-order valence-electron chi connectivity index (χ1n) is 12.3. The van der Waals surface area contributed by atoms with E-state index in [1.807, 2.05) is 19.9 Å². The Balaban J connectivity index is 1.36. The number of hydrogen-bond acceptors (Lipinski definition) is 6. The van der Waals surface area contributed by atoms with Gasteiger partial charge in [-0.05, 0) is 68.4 Å². The lowest BCUT2D eigenvalue weighted by Crippen LogP contribution is -2.44. The van der Waals surface area contributed by atoms with Gasteiger partial charge < -0.3 is 9.26 Å². The van der Waals surface area contributed by atoms with E-state index in [1.165, 1.54) is 18.2 Å². The Hall–Kier alpha value is -2.68. The third-order valence-corrected chi connectivity index (χ3v) is 9.29. The maximum atomic E-state index is 13.8. The molecule has 0 N–H and O–H groups in total. The number of piperidine rings is 1. The summed E-state index contributed by atoms with van der Waals surface area (Å²) < 4.78 is 40.3. The van der Waals surface area contributed by atoms with E-state index in [-0.39, 0.29) is 4.90 Å². The highest BCUT2D eigenvalue weighted by Crippen LogP contribution is 2.35. The molecule has 2 aliphatic heterocycles. The van der Waals surface area contributed by atoms with Gasteiger partial charge in [-0.25, -0.2) is 8.42 Å². The number of ether oxygens (including phenoxy) is 1. The van der Waals surface area contributed by atoms with Gasteiger partial charge in [0.2, 0.25) is 10.0 Å². The van der Waals surface area contributed by atoms with Gasteiger partial charge in [0.05, 0.1) is 12.8 Å². The minimum Gasteiger partial charge on any atom is -0.495 e. The van der Waals surface area contributed by atoms with Crippen molar-refractivity contribution in [1.82, 2.24) is 14.4 Å². The molecule has 5 rings (SSSR count). The fourth-order valence-corrected chi connectivity index (χ4v) is 7.05. The van der Waals surface area contributed by atoms with Gasteiger partial charge in [-0.1, -0.05) is 29.4 Å². The monoisotopic (exact) mass is 495 g/mol. The van der Waals surface area contributed by atoms with Gasteiger partial charge in [-0.2, -0.15) is 4.31 Å². The quantitative estimate of drug-likeness (QED) is 0.504. The molecule has 3 aromatic rings. The Bertz CT molecular complexity index is 1320. The van der Waals surface area contributed by atoms with Crippen molar-refractivity contribution in [3.8, 4) is 17.1 Å². The molecule has 2 aliphatic rings. The van der Waals surface area contributed by atoms with Crippen LogP contribution in [0.2, 0.25) is 0 Å². The molecule has 0 bridgehead atoms. The van der Waals surface area contributed by atoms with Crippen molar-refractivity contribution in [2.24, 2.45) is 5.92 Å². The number of aryl methyl sites for hydroxylation is 1. The SMILES string of the molecule is COc1ccc(-c2onc(C)c2C)cc1S(=O)(=O)N1CCC[C@@H](CN2CCc3ccccc3C2)C1. The van der Waals surface area contributed by atoms with Gasteiger partial charge in [0, 0.05) is 43.9 Å². The van der Waals surface area contributed by atoms with Gasteiger partial charge in [0.25, 0.3) is 0 Å². The van der Waals surface area contributed by atoms with Crippen molar-refractivity contribution in [2.45, 2.75) is 44.6 Å². The number of sulfonamides is 1. The molecule has 0 radical (unpaired) electrons. The van der Waals surface area contributed by atoms with Crippen LogP contribution in [0.25, 0.3) is 11.3 Å². The van der Waals surface area contributed by atoms with E-state index in [0.29, 0.717) is 36.1 Å². The molecule has 186 valence electrons. The number of rotatable bonds is 6. The molecule has 8 heteroatoms. The standard InChI is InChI=1S/C27H33N3O4S/c1-19-20(2)28-34-27(19)23-10-11-25(33-3)26(15-23)35(31,32)30-13-6-7-21(17-30)16-29-14-12-22-8-4-5-9-24(22)18-29/h4-5,8-11,15,21H,6-7,12-14,16-18H2,1-3H3/t21-/m0/s1. The van der Waals surface area contributed by atoms with Crippen molar-refractivity contribution >= 4 is 10.0 Å². The van der Waals surface area contributed by atoms with E-state index >= 15 is 0 Å². The molecule has 0 spiro atoms. The molecule has 35 heavy (non-hydrogen) atoms. The average molecular weight is 496 g/mol. The zero-order valence-electron chi connectivity index (χ0n) is 20.7. The van der Waals surface area contributed by atoms with Crippen LogP contribution < -0.4 is 4.74 Å². The first-order chi connectivity index (χ1) is 16.9. The number of benzene rings is 2. The smallest absolute Gasteiger partial charge is 0.246 e. The van der Waals surface area contributed by atoms with E-state index in [2.05, 4.69) is 34.3 Å². The summed E-state index contributed by atoms with van der Waals surface area (Å²) in [7, 11) is -2.23. The van der Waals surface area contributed by atoms with Gasteiger partial charge in [-0.15, -0.1) is 0 Å². The number of aromatic nitrogens is 1. The Morgan fingerprint density at radius 3 is 2.66 bits per heavy atom. The fourth-order valence-electron chi connectivity index (χ4n) is 5.31. The molecule has 2 aromatic carbocycles. The van der Waals surface area contributed by atoms with Gasteiger partial charge >= 0.3 is 0 Å². The molecule has 3 heterocycles. The zero-order chi connectivity index (χ0) is 24.6. The second-order valence-corrected chi connectivity index (χ2v) is 11.6. The van der Waals surface area contributed by atoms with Crippen LogP contribution in [0, 0.1) is 19.8 Å². The fraction of sp³-hybridized carbons (Fsp3) is 0.444. The van der Waals surface area contributed by atoms with Gasteiger partial charge in [-0.3, -0.25) is 4.90 Å². The van der Waals surface area contributed by atoms with Crippen LogP contribution in [0.5, 0.6) is 5.75 Å². The second kappa shape index (κ2) is 9.76. The van der Waals surface area contributed by atoms with E-state index in [4.69, 9.17) is 9.26 Å². The minimum absolute atomic E-state index is 0.179. The van der Waals surface area contributed by atoms with E-state index < -0.39 is 10.0 Å². The van der Waals surface area contributed by atoms with E-state index in [0.717, 1.165) is 50.2 Å². The maximum Gasteiger partial charge on any atom is 0.246 e. The molecule has 0 amide bonds. The van der Waals surface area contributed by atoms with Gasteiger partial charge in [0.15, 0.2) is 5.76 Å². The van der Waals surface area contributed by atoms with Crippen LogP contribution in [-0.2, 0) is 23.0 Å². The zero-order valence-corrected chi connectivity index (χ0v) is 21.5.